The first-order valence-electron chi connectivity index (χ1n) is 7.93. The highest BCUT2D eigenvalue weighted by Crippen LogP contribution is 2.39. The van der Waals surface area contributed by atoms with Crippen molar-refractivity contribution < 1.29 is 27.5 Å². The SMILES string of the molecule is CCOC(=O)[C@@](NC(=O)CC)(Nc1sc(C)c(CC)c1C#N)C(F)(F)F. The van der Waals surface area contributed by atoms with Crippen LogP contribution in [0.25, 0.3) is 0 Å². The first-order valence-corrected chi connectivity index (χ1v) is 8.74. The zero-order chi connectivity index (χ0) is 20.1. The Labute approximate surface area is 153 Å². The molecule has 6 nitrogen and oxygen atoms in total. The average molecular weight is 391 g/mol. The van der Waals surface area contributed by atoms with Crippen molar-refractivity contribution in [1.29, 1.82) is 5.26 Å². The lowest BCUT2D eigenvalue weighted by Gasteiger charge is -2.34. The monoisotopic (exact) mass is 391 g/mol. The summed E-state index contributed by atoms with van der Waals surface area (Å²) in [5.41, 5.74) is -2.88. The lowest BCUT2D eigenvalue weighted by Crippen LogP contribution is -2.69. The summed E-state index contributed by atoms with van der Waals surface area (Å²) >= 11 is 0.911. The molecule has 0 saturated heterocycles. The van der Waals surface area contributed by atoms with Crippen LogP contribution in [0.2, 0.25) is 0 Å². The van der Waals surface area contributed by atoms with Crippen LogP contribution >= 0.6 is 11.3 Å². The predicted molar refractivity (Wildman–Crippen MR) is 90.6 cm³/mol. The zero-order valence-electron chi connectivity index (χ0n) is 14.8. The molecule has 0 aliphatic rings. The second-order valence-electron chi connectivity index (χ2n) is 5.30. The number of amides is 1. The summed E-state index contributed by atoms with van der Waals surface area (Å²) in [7, 11) is 0. The standard InChI is InChI=1S/C16H20F3N3O3S/c1-5-10-9(4)26-13(11(10)8-20)22-15(16(17,18)19,14(24)25-7-3)21-12(23)6-2/h22H,5-7H2,1-4H3,(H,21,23)/t15-/m1/s1. The minimum Gasteiger partial charge on any atom is -0.463 e. The summed E-state index contributed by atoms with van der Waals surface area (Å²) in [5.74, 6) is -2.69. The van der Waals surface area contributed by atoms with Crippen LogP contribution in [0.1, 0.15) is 43.2 Å². The van der Waals surface area contributed by atoms with Gasteiger partial charge in [0.25, 0.3) is 0 Å². The Morgan fingerprint density at radius 1 is 1.27 bits per heavy atom. The van der Waals surface area contributed by atoms with Crippen LogP contribution in [-0.4, -0.2) is 30.3 Å². The fraction of sp³-hybridized carbons (Fsp3) is 0.562. The number of carbonyl (C=O) groups is 2. The number of alkyl halides is 3. The van der Waals surface area contributed by atoms with Gasteiger partial charge in [0, 0.05) is 11.3 Å². The maximum absolute atomic E-state index is 13.9. The molecule has 26 heavy (non-hydrogen) atoms. The number of carbonyl (C=O) groups excluding carboxylic acids is 2. The van der Waals surface area contributed by atoms with Crippen molar-refractivity contribution in [3.63, 3.8) is 0 Å². The third kappa shape index (κ3) is 4.09. The van der Waals surface area contributed by atoms with Crippen LogP contribution in [0.3, 0.4) is 0 Å². The Bertz CT molecular complexity index is 725. The Kier molecular flexibility index (Phi) is 7.03. The van der Waals surface area contributed by atoms with Crippen molar-refractivity contribution in [1.82, 2.24) is 5.32 Å². The van der Waals surface area contributed by atoms with Crippen LogP contribution in [0.5, 0.6) is 0 Å². The molecule has 1 amide bonds. The number of anilines is 1. The van der Waals surface area contributed by atoms with Gasteiger partial charge in [0.15, 0.2) is 0 Å². The highest BCUT2D eigenvalue weighted by Gasteiger charge is 2.64. The quantitative estimate of drug-likeness (QED) is 0.550. The van der Waals surface area contributed by atoms with Gasteiger partial charge in [0.05, 0.1) is 12.2 Å². The second kappa shape index (κ2) is 8.40. The van der Waals surface area contributed by atoms with E-state index in [2.05, 4.69) is 10.1 Å². The van der Waals surface area contributed by atoms with E-state index in [4.69, 9.17) is 0 Å². The molecule has 0 aliphatic heterocycles. The highest BCUT2D eigenvalue weighted by atomic mass is 32.1. The summed E-state index contributed by atoms with van der Waals surface area (Å²) in [6, 6.07) is 1.86. The number of halogens is 3. The number of nitriles is 1. The summed E-state index contributed by atoms with van der Waals surface area (Å²) in [5, 5.41) is 13.0. The first-order chi connectivity index (χ1) is 12.1. The third-order valence-corrected chi connectivity index (χ3v) is 4.69. The van der Waals surface area contributed by atoms with Crippen molar-refractivity contribution in [2.75, 3.05) is 11.9 Å². The van der Waals surface area contributed by atoms with Crippen LogP contribution < -0.4 is 10.6 Å². The molecule has 1 aromatic heterocycles. The Morgan fingerprint density at radius 2 is 1.88 bits per heavy atom. The lowest BCUT2D eigenvalue weighted by molar-refractivity contribution is -0.207. The van der Waals surface area contributed by atoms with Gasteiger partial charge in [-0.25, -0.2) is 4.79 Å². The molecular weight excluding hydrogens is 371 g/mol. The Morgan fingerprint density at radius 3 is 2.31 bits per heavy atom. The van der Waals surface area contributed by atoms with Gasteiger partial charge in [-0.3, -0.25) is 4.79 Å². The molecule has 1 atom stereocenters. The van der Waals surface area contributed by atoms with Gasteiger partial charge in [-0.1, -0.05) is 13.8 Å². The summed E-state index contributed by atoms with van der Waals surface area (Å²) in [4.78, 5) is 24.6. The van der Waals surface area contributed by atoms with Crippen molar-refractivity contribution >= 4 is 28.2 Å². The molecule has 144 valence electrons. The molecule has 2 N–H and O–H groups in total. The van der Waals surface area contributed by atoms with E-state index in [1.165, 1.54) is 13.8 Å². The van der Waals surface area contributed by atoms with Crippen molar-refractivity contribution in [2.45, 2.75) is 52.4 Å². The molecular formula is C16H20F3N3O3S. The fourth-order valence-electron chi connectivity index (χ4n) is 2.31. The molecule has 0 saturated carbocycles. The highest BCUT2D eigenvalue weighted by molar-refractivity contribution is 7.16. The van der Waals surface area contributed by atoms with Gasteiger partial charge in [-0.2, -0.15) is 18.4 Å². The van der Waals surface area contributed by atoms with Gasteiger partial charge in [0.2, 0.25) is 5.91 Å². The number of ether oxygens (including phenoxy) is 1. The van der Waals surface area contributed by atoms with Gasteiger partial charge >= 0.3 is 17.8 Å². The van der Waals surface area contributed by atoms with E-state index >= 15 is 0 Å². The van der Waals surface area contributed by atoms with Crippen LogP contribution in [0.4, 0.5) is 18.2 Å². The molecule has 0 fully saturated rings. The molecule has 0 unspecified atom stereocenters. The van der Waals surface area contributed by atoms with E-state index in [1.807, 2.05) is 6.07 Å². The number of nitrogens with zero attached hydrogens (tertiary/aromatic N) is 1. The smallest absolute Gasteiger partial charge is 0.441 e. The fourth-order valence-corrected chi connectivity index (χ4v) is 3.46. The van der Waals surface area contributed by atoms with E-state index in [0.29, 0.717) is 16.9 Å². The third-order valence-electron chi connectivity index (χ3n) is 3.63. The Hall–Kier alpha value is -2.28. The molecule has 10 heteroatoms. The number of nitrogens with one attached hydrogen (secondary N) is 2. The molecule has 1 rings (SSSR count). The minimum absolute atomic E-state index is 0.0127. The predicted octanol–water partition coefficient (Wildman–Crippen LogP) is 3.25. The van der Waals surface area contributed by atoms with Crippen molar-refractivity contribution in [3.05, 3.63) is 16.0 Å². The summed E-state index contributed by atoms with van der Waals surface area (Å²) in [6.45, 7) is 5.83. The largest absolute Gasteiger partial charge is 0.463 e. The van der Waals surface area contributed by atoms with E-state index in [-0.39, 0.29) is 23.6 Å². The van der Waals surface area contributed by atoms with E-state index in [1.54, 1.807) is 19.2 Å². The van der Waals surface area contributed by atoms with Gasteiger partial charge in [-0.05, 0) is 25.8 Å². The molecule has 0 spiro atoms. The number of hydrogen-bond donors (Lipinski definition) is 2. The van der Waals surface area contributed by atoms with Gasteiger partial charge < -0.3 is 15.4 Å². The topological polar surface area (TPSA) is 91.2 Å². The maximum Gasteiger partial charge on any atom is 0.441 e. The molecule has 1 heterocycles. The van der Waals surface area contributed by atoms with Gasteiger partial charge in [0.1, 0.15) is 11.1 Å². The summed E-state index contributed by atoms with van der Waals surface area (Å²) < 4.78 is 46.3. The summed E-state index contributed by atoms with van der Waals surface area (Å²) in [6.07, 6.45) is -5.04. The molecule has 0 aromatic carbocycles. The minimum atomic E-state index is -5.21. The van der Waals surface area contributed by atoms with Crippen LogP contribution in [0.15, 0.2) is 0 Å². The van der Waals surface area contributed by atoms with Gasteiger partial charge in [-0.15, -0.1) is 11.3 Å². The van der Waals surface area contributed by atoms with E-state index in [9.17, 15) is 28.0 Å². The van der Waals surface area contributed by atoms with Crippen molar-refractivity contribution in [2.24, 2.45) is 0 Å². The van der Waals surface area contributed by atoms with Crippen LogP contribution in [0, 0.1) is 18.3 Å². The number of thiophene rings is 1. The number of hydrogen-bond acceptors (Lipinski definition) is 6. The molecule has 0 bridgehead atoms. The molecule has 1 aromatic rings. The van der Waals surface area contributed by atoms with Crippen molar-refractivity contribution in [3.8, 4) is 6.07 Å². The van der Waals surface area contributed by atoms with Crippen LogP contribution in [-0.2, 0) is 20.7 Å². The van der Waals surface area contributed by atoms with E-state index in [0.717, 1.165) is 11.3 Å². The number of aryl methyl sites for hydroxylation is 1. The van der Waals surface area contributed by atoms with E-state index < -0.39 is 23.7 Å². The molecule has 0 aliphatic carbocycles. The second-order valence-corrected chi connectivity index (χ2v) is 6.53. The Balaban J connectivity index is 3.57. The normalized spacial score (nSPS) is 13.5. The average Bonchev–Trinajstić information content (AvgIpc) is 2.87. The number of esters is 1. The maximum atomic E-state index is 13.9. The first kappa shape index (κ1) is 21.8. The zero-order valence-corrected chi connectivity index (χ0v) is 15.7. The number of rotatable bonds is 7. The lowest BCUT2D eigenvalue weighted by atomic mass is 10.1. The molecule has 0 radical (unpaired) electrons.